The Hall–Kier alpha value is -5.97. The predicted octanol–water partition coefficient (Wildman–Crippen LogP) is 6.88. The highest BCUT2D eigenvalue weighted by atomic mass is 32.1. The van der Waals surface area contributed by atoms with E-state index in [1.807, 2.05) is 70.3 Å². The number of methoxy groups -OCH3 is 1. The van der Waals surface area contributed by atoms with Gasteiger partial charge in [-0.2, -0.15) is 0 Å². The fourth-order valence-corrected chi connectivity index (χ4v) is 9.80. The first-order valence-electron chi connectivity index (χ1n) is 22.7. The molecule has 6 atom stereocenters. The summed E-state index contributed by atoms with van der Waals surface area (Å²) < 4.78 is 12.3. The Morgan fingerprint density at radius 3 is 2.35 bits per heavy atom. The number of thiazole rings is 1. The molecule has 1 aliphatic carbocycles. The molecule has 4 aromatic rings. The number of amides is 4. The van der Waals surface area contributed by atoms with Crippen LogP contribution in [0, 0.1) is 11.8 Å². The van der Waals surface area contributed by atoms with Gasteiger partial charge in [0.25, 0.3) is 0 Å². The molecule has 1 unspecified atom stereocenters. The largest absolute Gasteiger partial charge is 0.497 e. The number of anilines is 2. The summed E-state index contributed by atoms with van der Waals surface area (Å²) >= 11 is 1.46. The number of Topliss-reactive ketones (excluding diaryl/α,β-unsaturated/α-hetero) is 1. The molecule has 16 nitrogen and oxygen atoms in total. The molecule has 0 radical (unpaired) electrons. The fraction of sp³-hybridized carbons (Fsp3) is 0.521. The molecule has 4 heterocycles. The summed E-state index contributed by atoms with van der Waals surface area (Å²) in [5.41, 5.74) is 1.73. The average Bonchev–Trinajstić information content (AvgIpc) is 3.53. The number of carbonyl (C=O) groups excluding carboxylic acids is 4. The van der Waals surface area contributed by atoms with Crippen molar-refractivity contribution in [2.24, 2.45) is 11.8 Å². The lowest BCUT2D eigenvalue weighted by molar-refractivity contribution is -0.145. The van der Waals surface area contributed by atoms with Crippen LogP contribution in [0.5, 0.6) is 11.5 Å². The molecule has 17 heteroatoms. The number of aliphatic carboxylic acids is 1. The topological polar surface area (TPSA) is 204 Å². The van der Waals surface area contributed by atoms with Crippen LogP contribution in [-0.4, -0.2) is 113 Å². The first-order valence-corrected chi connectivity index (χ1v) is 23.6. The second-order valence-corrected chi connectivity index (χ2v) is 19.3. The van der Waals surface area contributed by atoms with Crippen molar-refractivity contribution in [2.75, 3.05) is 38.0 Å². The molecule has 4 amide bonds. The van der Waals surface area contributed by atoms with Gasteiger partial charge in [0.2, 0.25) is 11.8 Å². The number of ketones is 1. The third-order valence-corrected chi connectivity index (χ3v) is 13.5. The number of nitrogens with one attached hydrogen (secondary N) is 4. The Bertz CT molecular complexity index is 2390. The van der Waals surface area contributed by atoms with Gasteiger partial charge in [-0.1, -0.05) is 46.0 Å². The van der Waals surface area contributed by atoms with Crippen LogP contribution in [0.4, 0.5) is 15.6 Å². The predicted molar refractivity (Wildman–Crippen MR) is 251 cm³/mol. The van der Waals surface area contributed by atoms with E-state index in [-0.39, 0.29) is 43.0 Å². The maximum Gasteiger partial charge on any atom is 0.329 e. The number of carbonyl (C=O) groups is 5. The van der Waals surface area contributed by atoms with E-state index in [0.29, 0.717) is 58.6 Å². The summed E-state index contributed by atoms with van der Waals surface area (Å²) in [6.45, 7) is 7.73. The molecule has 3 fully saturated rings. The molecule has 3 aliphatic rings. The second kappa shape index (κ2) is 20.0. The van der Waals surface area contributed by atoms with Crippen LogP contribution in [-0.2, 0) is 14.4 Å². The van der Waals surface area contributed by atoms with Crippen molar-refractivity contribution in [1.29, 1.82) is 0 Å². The van der Waals surface area contributed by atoms with Gasteiger partial charge >= 0.3 is 12.0 Å². The Balaban J connectivity index is 1.18. The number of hydrogen-bond donors (Lipinski definition) is 5. The number of urea groups is 1. The average molecular weight is 911 g/mol. The first-order chi connectivity index (χ1) is 31.1. The normalized spacial score (nSPS) is 23.1. The Kier molecular flexibility index (Phi) is 14.5. The Morgan fingerprint density at radius 2 is 1.68 bits per heavy atom. The highest BCUT2D eigenvalue weighted by molar-refractivity contribution is 7.14. The van der Waals surface area contributed by atoms with Gasteiger partial charge in [0.1, 0.15) is 40.9 Å². The van der Waals surface area contributed by atoms with Crippen molar-refractivity contribution in [3.8, 4) is 22.9 Å². The third-order valence-electron chi connectivity index (χ3n) is 12.7. The molecule has 1 saturated carbocycles. The van der Waals surface area contributed by atoms with Crippen LogP contribution in [0.1, 0.15) is 95.8 Å². The zero-order chi connectivity index (χ0) is 46.6. The van der Waals surface area contributed by atoms with E-state index in [1.54, 1.807) is 37.4 Å². The van der Waals surface area contributed by atoms with Crippen molar-refractivity contribution in [3.05, 3.63) is 59.5 Å². The maximum absolute atomic E-state index is 14.9. The standard InChI is InChI=1S/C48H62N8O8S/c1-27(2)41(42(57)29-15-17-31(18-16-29)55(5)6)53-46(62)51-35-14-12-10-8-9-11-13-30-24-48(30,45(60)61)54-43(58)39-22-33(25-56(39)44(35)59)64-40-23-37(38-26-65-47(52-38)49-28(3)4)50-36-21-32(63-7)19-20-34(36)40/h15-21,23,26-28,30,33,35,39,41H,8-14,22,24-25H2,1-7H3,(H,49,52)(H,54,58)(H,60,61)(H2,51,53,62)/t30?,33-,35+,39+,41+,48-/m1/s1. The molecule has 0 spiro atoms. The minimum Gasteiger partial charge on any atom is -0.497 e. The van der Waals surface area contributed by atoms with Gasteiger partial charge in [-0.15, -0.1) is 11.3 Å². The minimum atomic E-state index is -1.42. The SMILES string of the molecule is COc1ccc2c(O[C@@H]3C[C@H]4C(=O)N[C@]5(C(=O)O)CC5CCCCCCC[C@H](NC(=O)N[C@H](C(=O)c5ccc(N(C)C)cc5)C(C)C)C(=O)N4C3)cc(-c3csc(NC(C)C)n3)nc2c1. The molecule has 348 valence electrons. The number of nitrogens with zero attached hydrogens (tertiary/aromatic N) is 4. The summed E-state index contributed by atoms with van der Waals surface area (Å²) in [4.78, 5) is 82.9. The smallest absolute Gasteiger partial charge is 0.329 e. The van der Waals surface area contributed by atoms with Crippen LogP contribution in [0.25, 0.3) is 22.3 Å². The summed E-state index contributed by atoms with van der Waals surface area (Å²) in [5.74, 6) is -1.88. The van der Waals surface area contributed by atoms with Gasteiger partial charge in [0, 0.05) is 60.7 Å². The minimum absolute atomic E-state index is 0.0231. The molecule has 2 aromatic carbocycles. The molecule has 2 aromatic heterocycles. The number of benzene rings is 2. The lowest BCUT2D eigenvalue weighted by atomic mass is 9.95. The zero-order valence-corrected chi connectivity index (χ0v) is 39.1. The van der Waals surface area contributed by atoms with Gasteiger partial charge < -0.3 is 45.6 Å². The zero-order valence-electron chi connectivity index (χ0n) is 38.3. The van der Waals surface area contributed by atoms with Gasteiger partial charge in [-0.25, -0.2) is 19.6 Å². The van der Waals surface area contributed by atoms with E-state index < -0.39 is 53.6 Å². The number of hydrogen-bond acceptors (Lipinski definition) is 12. The van der Waals surface area contributed by atoms with E-state index in [0.717, 1.165) is 36.5 Å². The molecular formula is C48H62N8O8S. The van der Waals surface area contributed by atoms with E-state index in [4.69, 9.17) is 19.4 Å². The van der Waals surface area contributed by atoms with Crippen molar-refractivity contribution in [3.63, 3.8) is 0 Å². The number of carboxylic acid groups (broad SMARTS) is 1. The summed E-state index contributed by atoms with van der Waals surface area (Å²) in [6, 6.07) is 10.8. The van der Waals surface area contributed by atoms with Crippen LogP contribution < -0.4 is 35.6 Å². The van der Waals surface area contributed by atoms with E-state index in [9.17, 15) is 29.1 Å². The third kappa shape index (κ3) is 10.8. The van der Waals surface area contributed by atoms with Crippen molar-refractivity contribution < 1.29 is 38.6 Å². The van der Waals surface area contributed by atoms with Crippen molar-refractivity contribution >= 4 is 62.7 Å². The molecular weight excluding hydrogens is 849 g/mol. The monoisotopic (exact) mass is 910 g/mol. The van der Waals surface area contributed by atoms with Gasteiger partial charge in [-0.05, 0) is 81.3 Å². The number of rotatable bonds is 13. The van der Waals surface area contributed by atoms with E-state index in [2.05, 4.69) is 21.3 Å². The highest BCUT2D eigenvalue weighted by Crippen LogP contribution is 2.48. The number of carboxylic acids is 1. The second-order valence-electron chi connectivity index (χ2n) is 18.4. The van der Waals surface area contributed by atoms with E-state index >= 15 is 0 Å². The van der Waals surface area contributed by atoms with Crippen LogP contribution >= 0.6 is 11.3 Å². The van der Waals surface area contributed by atoms with Gasteiger partial charge in [-0.3, -0.25) is 14.4 Å². The van der Waals surface area contributed by atoms with Crippen molar-refractivity contribution in [2.45, 2.75) is 121 Å². The molecule has 65 heavy (non-hydrogen) atoms. The fourth-order valence-electron chi connectivity index (χ4n) is 8.95. The number of pyridine rings is 1. The molecule has 0 bridgehead atoms. The Labute approximate surface area is 384 Å². The lowest BCUT2D eigenvalue weighted by Gasteiger charge is -2.30. The molecule has 2 aliphatic heterocycles. The summed E-state index contributed by atoms with van der Waals surface area (Å²) in [6.07, 6.45) is 4.60. The summed E-state index contributed by atoms with van der Waals surface area (Å²) in [7, 11) is 5.40. The van der Waals surface area contributed by atoms with Gasteiger partial charge in [0.15, 0.2) is 10.9 Å². The van der Waals surface area contributed by atoms with E-state index in [1.165, 1.54) is 16.2 Å². The molecule has 5 N–H and O–H groups in total. The first kappa shape index (κ1) is 47.0. The van der Waals surface area contributed by atoms with Crippen molar-refractivity contribution in [1.82, 2.24) is 30.8 Å². The number of aromatic nitrogens is 2. The number of ether oxygens (including phenoxy) is 2. The van der Waals surface area contributed by atoms with Gasteiger partial charge in [0.05, 0.1) is 30.9 Å². The lowest BCUT2D eigenvalue weighted by Crippen LogP contribution is -2.58. The number of fused-ring (bicyclic) bond motifs is 3. The quantitative estimate of drug-likeness (QED) is 0.0872. The van der Waals surface area contributed by atoms with Crippen LogP contribution in [0.15, 0.2) is 53.9 Å². The van der Waals surface area contributed by atoms with Crippen LogP contribution in [0.2, 0.25) is 0 Å². The highest BCUT2D eigenvalue weighted by Gasteiger charge is 2.62. The maximum atomic E-state index is 14.9. The summed E-state index contributed by atoms with van der Waals surface area (Å²) in [5, 5.41) is 25.7. The molecule has 2 saturated heterocycles. The Morgan fingerprint density at radius 1 is 0.954 bits per heavy atom. The van der Waals surface area contributed by atoms with Crippen LogP contribution in [0.3, 0.4) is 0 Å². The molecule has 7 rings (SSSR count).